The predicted octanol–water partition coefficient (Wildman–Crippen LogP) is 0.988. The summed E-state index contributed by atoms with van der Waals surface area (Å²) in [5.41, 5.74) is 2.56. The maximum atomic E-state index is 8.82. The number of rotatable bonds is 3. The van der Waals surface area contributed by atoms with E-state index in [-0.39, 0.29) is 0 Å². The quantitative estimate of drug-likeness (QED) is 0.756. The van der Waals surface area contributed by atoms with Crippen LogP contribution in [0.2, 0.25) is 0 Å². The van der Waals surface area contributed by atoms with E-state index in [1.807, 2.05) is 13.0 Å². The molecule has 0 aliphatic carbocycles. The SMILES string of the molecule is Cc1cc(C#N)nc(NCC2=CCNCC2)n1. The summed E-state index contributed by atoms with van der Waals surface area (Å²) in [7, 11) is 0. The molecule has 0 aromatic carbocycles. The van der Waals surface area contributed by atoms with Crippen LogP contribution in [-0.2, 0) is 0 Å². The van der Waals surface area contributed by atoms with Gasteiger partial charge in [0.05, 0.1) is 0 Å². The van der Waals surface area contributed by atoms with Gasteiger partial charge in [0.2, 0.25) is 5.95 Å². The lowest BCUT2D eigenvalue weighted by molar-refractivity contribution is 0.697. The van der Waals surface area contributed by atoms with E-state index >= 15 is 0 Å². The molecule has 1 aliphatic rings. The molecule has 0 spiro atoms. The minimum Gasteiger partial charge on any atom is -0.350 e. The van der Waals surface area contributed by atoms with E-state index in [1.165, 1.54) is 5.57 Å². The number of hydrogen-bond donors (Lipinski definition) is 2. The van der Waals surface area contributed by atoms with Gasteiger partial charge in [0, 0.05) is 18.8 Å². The third-order valence-electron chi connectivity index (χ3n) is 2.60. The molecule has 1 aromatic heterocycles. The number of aryl methyl sites for hydroxylation is 1. The Morgan fingerprint density at radius 1 is 1.53 bits per heavy atom. The molecule has 5 heteroatoms. The lowest BCUT2D eigenvalue weighted by Crippen LogP contribution is -2.23. The fraction of sp³-hybridized carbons (Fsp3) is 0.417. The molecule has 0 unspecified atom stereocenters. The Bertz CT molecular complexity index is 472. The molecule has 1 aromatic rings. The molecule has 88 valence electrons. The summed E-state index contributed by atoms with van der Waals surface area (Å²) in [5.74, 6) is 0.529. The third-order valence-corrected chi connectivity index (χ3v) is 2.60. The summed E-state index contributed by atoms with van der Waals surface area (Å²) < 4.78 is 0. The standard InChI is InChI=1S/C12H15N5/c1-9-6-11(7-13)17-12(16-9)15-8-10-2-4-14-5-3-10/h2,6,14H,3-5,8H2,1H3,(H,15,16,17). The Morgan fingerprint density at radius 3 is 3.12 bits per heavy atom. The molecule has 0 radical (unpaired) electrons. The van der Waals surface area contributed by atoms with Crippen molar-refractivity contribution >= 4 is 5.95 Å². The number of nitrogens with zero attached hydrogens (tertiary/aromatic N) is 3. The third kappa shape index (κ3) is 3.26. The summed E-state index contributed by atoms with van der Waals surface area (Å²) in [6.45, 7) is 4.55. The Labute approximate surface area is 101 Å². The molecule has 0 saturated carbocycles. The molecular weight excluding hydrogens is 214 g/mol. The van der Waals surface area contributed by atoms with Crippen LogP contribution in [0.25, 0.3) is 0 Å². The van der Waals surface area contributed by atoms with E-state index in [1.54, 1.807) is 6.07 Å². The van der Waals surface area contributed by atoms with Crippen LogP contribution in [0.15, 0.2) is 17.7 Å². The van der Waals surface area contributed by atoms with Gasteiger partial charge in [0.1, 0.15) is 11.8 Å². The average molecular weight is 229 g/mol. The number of aromatic nitrogens is 2. The monoisotopic (exact) mass is 229 g/mol. The zero-order valence-electron chi connectivity index (χ0n) is 9.82. The molecule has 1 aliphatic heterocycles. The first-order valence-electron chi connectivity index (χ1n) is 5.66. The van der Waals surface area contributed by atoms with Crippen LogP contribution in [0.5, 0.6) is 0 Å². The molecule has 0 atom stereocenters. The van der Waals surface area contributed by atoms with Crippen molar-refractivity contribution in [1.29, 1.82) is 5.26 Å². The van der Waals surface area contributed by atoms with Gasteiger partial charge in [-0.15, -0.1) is 0 Å². The summed E-state index contributed by atoms with van der Waals surface area (Å²) in [5, 5.41) is 15.2. The molecule has 0 bridgehead atoms. The highest BCUT2D eigenvalue weighted by atomic mass is 15.1. The number of hydrogen-bond acceptors (Lipinski definition) is 5. The molecule has 2 N–H and O–H groups in total. The van der Waals surface area contributed by atoms with Crippen molar-refractivity contribution in [2.24, 2.45) is 0 Å². The van der Waals surface area contributed by atoms with Crippen LogP contribution in [0.4, 0.5) is 5.95 Å². The molecule has 2 rings (SSSR count). The highest BCUT2D eigenvalue weighted by Crippen LogP contribution is 2.07. The van der Waals surface area contributed by atoms with Crippen LogP contribution >= 0.6 is 0 Å². The summed E-state index contributed by atoms with van der Waals surface area (Å²) >= 11 is 0. The molecule has 5 nitrogen and oxygen atoms in total. The normalized spacial score (nSPS) is 14.9. The van der Waals surface area contributed by atoms with Crippen molar-refractivity contribution in [1.82, 2.24) is 15.3 Å². The molecule has 2 heterocycles. The zero-order valence-corrected chi connectivity index (χ0v) is 9.82. The fourth-order valence-corrected chi connectivity index (χ4v) is 1.73. The first kappa shape index (κ1) is 11.6. The summed E-state index contributed by atoms with van der Waals surface area (Å²) in [6, 6.07) is 3.71. The number of anilines is 1. The van der Waals surface area contributed by atoms with Crippen LogP contribution in [-0.4, -0.2) is 29.6 Å². The van der Waals surface area contributed by atoms with Gasteiger partial charge < -0.3 is 10.6 Å². The Balaban J connectivity index is 2.01. The van der Waals surface area contributed by atoms with Crippen LogP contribution in [0, 0.1) is 18.3 Å². The molecule has 0 saturated heterocycles. The van der Waals surface area contributed by atoms with Gasteiger partial charge in [0.25, 0.3) is 0 Å². The molecule has 0 amide bonds. The number of nitrogens with one attached hydrogen (secondary N) is 2. The average Bonchev–Trinajstić information content (AvgIpc) is 2.37. The maximum Gasteiger partial charge on any atom is 0.224 e. The summed E-state index contributed by atoms with van der Waals surface area (Å²) in [6.07, 6.45) is 3.22. The molecule has 0 fully saturated rings. The van der Waals surface area contributed by atoms with E-state index in [9.17, 15) is 0 Å². The second-order valence-corrected chi connectivity index (χ2v) is 4.00. The van der Waals surface area contributed by atoms with Gasteiger partial charge in [-0.2, -0.15) is 5.26 Å². The van der Waals surface area contributed by atoms with Crippen molar-refractivity contribution in [2.75, 3.05) is 25.0 Å². The van der Waals surface area contributed by atoms with E-state index in [2.05, 4.69) is 26.7 Å². The Morgan fingerprint density at radius 2 is 2.41 bits per heavy atom. The summed E-state index contributed by atoms with van der Waals surface area (Å²) in [4.78, 5) is 8.36. The van der Waals surface area contributed by atoms with Gasteiger partial charge in [-0.1, -0.05) is 11.6 Å². The molecule has 17 heavy (non-hydrogen) atoms. The van der Waals surface area contributed by atoms with Crippen LogP contribution in [0.3, 0.4) is 0 Å². The predicted molar refractivity (Wildman–Crippen MR) is 65.5 cm³/mol. The van der Waals surface area contributed by atoms with Crippen LogP contribution in [0.1, 0.15) is 17.8 Å². The van der Waals surface area contributed by atoms with E-state index in [0.29, 0.717) is 11.6 Å². The van der Waals surface area contributed by atoms with Gasteiger partial charge in [0.15, 0.2) is 0 Å². The largest absolute Gasteiger partial charge is 0.350 e. The van der Waals surface area contributed by atoms with Gasteiger partial charge in [-0.05, 0) is 26.0 Å². The van der Waals surface area contributed by atoms with Crippen molar-refractivity contribution in [2.45, 2.75) is 13.3 Å². The van der Waals surface area contributed by atoms with Crippen molar-refractivity contribution < 1.29 is 0 Å². The van der Waals surface area contributed by atoms with Crippen molar-refractivity contribution in [3.05, 3.63) is 29.1 Å². The smallest absolute Gasteiger partial charge is 0.224 e. The van der Waals surface area contributed by atoms with Gasteiger partial charge in [-0.25, -0.2) is 9.97 Å². The van der Waals surface area contributed by atoms with Crippen molar-refractivity contribution in [3.8, 4) is 6.07 Å². The Hall–Kier alpha value is -1.93. The number of nitriles is 1. The van der Waals surface area contributed by atoms with Crippen LogP contribution < -0.4 is 10.6 Å². The van der Waals surface area contributed by atoms with E-state index in [4.69, 9.17) is 5.26 Å². The van der Waals surface area contributed by atoms with Crippen molar-refractivity contribution in [3.63, 3.8) is 0 Å². The topological polar surface area (TPSA) is 73.6 Å². The maximum absolute atomic E-state index is 8.82. The second-order valence-electron chi connectivity index (χ2n) is 4.00. The van der Waals surface area contributed by atoms with Gasteiger partial charge >= 0.3 is 0 Å². The highest BCUT2D eigenvalue weighted by Gasteiger charge is 2.05. The minimum absolute atomic E-state index is 0.402. The van der Waals surface area contributed by atoms with E-state index in [0.717, 1.165) is 31.7 Å². The minimum atomic E-state index is 0.402. The zero-order chi connectivity index (χ0) is 12.1. The Kier molecular flexibility index (Phi) is 3.68. The highest BCUT2D eigenvalue weighted by molar-refractivity contribution is 5.34. The first-order chi connectivity index (χ1) is 8.28. The first-order valence-corrected chi connectivity index (χ1v) is 5.66. The second kappa shape index (κ2) is 5.41. The lowest BCUT2D eigenvalue weighted by Gasteiger charge is -2.14. The lowest BCUT2D eigenvalue weighted by atomic mass is 10.1. The fourth-order valence-electron chi connectivity index (χ4n) is 1.73. The van der Waals surface area contributed by atoms with E-state index < -0.39 is 0 Å². The molecular formula is C12H15N5. The van der Waals surface area contributed by atoms with Gasteiger partial charge in [-0.3, -0.25) is 0 Å².